The molecule has 0 spiro atoms. The summed E-state index contributed by atoms with van der Waals surface area (Å²) >= 11 is 0. The van der Waals surface area contributed by atoms with E-state index in [1.807, 2.05) is 51.1 Å². The third-order valence-electron chi connectivity index (χ3n) is 9.31. The molecular formula is C35H57N3O5. The van der Waals surface area contributed by atoms with E-state index in [1.165, 1.54) is 11.3 Å². The lowest BCUT2D eigenvalue weighted by atomic mass is 9.82. The summed E-state index contributed by atoms with van der Waals surface area (Å²) in [5.74, 6) is -0.0977. The van der Waals surface area contributed by atoms with Gasteiger partial charge in [0, 0.05) is 33.0 Å². The fraction of sp³-hybridized carbons (Fsp3) is 0.743. The van der Waals surface area contributed by atoms with Crippen LogP contribution in [0, 0.1) is 23.7 Å². The van der Waals surface area contributed by atoms with Crippen molar-refractivity contribution >= 4 is 17.7 Å². The van der Waals surface area contributed by atoms with Gasteiger partial charge in [-0.25, -0.2) is 0 Å². The van der Waals surface area contributed by atoms with Crippen LogP contribution >= 0.6 is 0 Å². The lowest BCUT2D eigenvalue weighted by Gasteiger charge is -2.34. The van der Waals surface area contributed by atoms with E-state index in [-0.39, 0.29) is 42.5 Å². The minimum absolute atomic E-state index is 0.0192. The largest absolute Gasteiger partial charge is 0.390 e. The molecule has 2 aliphatic rings. The van der Waals surface area contributed by atoms with Crippen LogP contribution in [0.1, 0.15) is 103 Å². The highest BCUT2D eigenvalue weighted by atomic mass is 16.3. The van der Waals surface area contributed by atoms with E-state index in [0.717, 1.165) is 44.1 Å². The maximum absolute atomic E-state index is 13.9. The normalized spacial score (nSPS) is 19.3. The molecular weight excluding hydrogens is 542 g/mol. The Labute approximate surface area is 259 Å². The van der Waals surface area contributed by atoms with Gasteiger partial charge < -0.3 is 25.3 Å². The second kappa shape index (κ2) is 17.1. The van der Waals surface area contributed by atoms with Gasteiger partial charge in [0.15, 0.2) is 0 Å². The van der Waals surface area contributed by atoms with Crippen molar-refractivity contribution in [2.24, 2.45) is 23.7 Å². The van der Waals surface area contributed by atoms with Crippen LogP contribution in [-0.4, -0.2) is 83.2 Å². The summed E-state index contributed by atoms with van der Waals surface area (Å²) in [6.07, 6.45) is 7.48. The molecule has 1 aromatic rings. The summed E-state index contributed by atoms with van der Waals surface area (Å²) in [5, 5.41) is 25.2. The molecule has 0 aliphatic heterocycles. The van der Waals surface area contributed by atoms with E-state index >= 15 is 0 Å². The molecule has 2 aliphatic carbocycles. The van der Waals surface area contributed by atoms with E-state index in [4.69, 9.17) is 0 Å². The topological polar surface area (TPSA) is 110 Å². The average molecular weight is 600 g/mol. The molecule has 43 heavy (non-hydrogen) atoms. The Balaban J connectivity index is 1.76. The van der Waals surface area contributed by atoms with E-state index in [0.29, 0.717) is 37.6 Å². The van der Waals surface area contributed by atoms with Gasteiger partial charge in [0.2, 0.25) is 17.7 Å². The molecule has 0 heterocycles. The molecule has 8 heteroatoms. The molecule has 0 unspecified atom stereocenters. The predicted octanol–water partition coefficient (Wildman–Crippen LogP) is 4.74. The Morgan fingerprint density at radius 1 is 0.884 bits per heavy atom. The zero-order valence-corrected chi connectivity index (χ0v) is 27.2. The van der Waals surface area contributed by atoms with Crippen LogP contribution in [0.2, 0.25) is 0 Å². The van der Waals surface area contributed by atoms with Crippen LogP contribution in [-0.2, 0) is 14.4 Å². The number of nitrogens with one attached hydrogen (secondary N) is 1. The molecule has 0 radical (unpaired) electrons. The summed E-state index contributed by atoms with van der Waals surface area (Å²) in [7, 11) is 3.36. The summed E-state index contributed by atoms with van der Waals surface area (Å²) in [5.41, 5.74) is 1.09. The van der Waals surface area contributed by atoms with E-state index in [1.54, 1.807) is 19.0 Å². The smallest absolute Gasteiger partial charge is 0.241 e. The van der Waals surface area contributed by atoms with E-state index in [9.17, 15) is 24.6 Å². The Hall–Kier alpha value is -2.45. The summed E-state index contributed by atoms with van der Waals surface area (Å²) in [6, 6.07) is 9.37. The Morgan fingerprint density at radius 2 is 1.51 bits per heavy atom. The van der Waals surface area contributed by atoms with Gasteiger partial charge in [-0.05, 0) is 48.5 Å². The molecule has 8 nitrogen and oxygen atoms in total. The minimum atomic E-state index is -1.06. The van der Waals surface area contributed by atoms with Crippen LogP contribution in [0.25, 0.3) is 0 Å². The quantitative estimate of drug-likeness (QED) is 0.240. The second-order valence-corrected chi connectivity index (χ2v) is 14.0. The number of rotatable bonds is 17. The molecule has 0 saturated heterocycles. The Morgan fingerprint density at radius 3 is 2.09 bits per heavy atom. The first-order valence-corrected chi connectivity index (χ1v) is 16.6. The van der Waals surface area contributed by atoms with Crippen LogP contribution in [0.5, 0.6) is 0 Å². The third-order valence-corrected chi connectivity index (χ3v) is 9.31. The van der Waals surface area contributed by atoms with Crippen LogP contribution < -0.4 is 5.32 Å². The zero-order valence-electron chi connectivity index (χ0n) is 27.2. The maximum Gasteiger partial charge on any atom is 0.241 e. The van der Waals surface area contributed by atoms with Crippen molar-refractivity contribution < 1.29 is 24.6 Å². The van der Waals surface area contributed by atoms with Crippen molar-refractivity contribution in [2.45, 2.75) is 116 Å². The highest BCUT2D eigenvalue weighted by Crippen LogP contribution is 2.37. The number of likely N-dealkylation sites (N-methyl/N-ethyl adjacent to an activating group) is 1. The number of amides is 3. The van der Waals surface area contributed by atoms with Crippen molar-refractivity contribution in [3.63, 3.8) is 0 Å². The van der Waals surface area contributed by atoms with Crippen molar-refractivity contribution in [1.29, 1.82) is 0 Å². The van der Waals surface area contributed by atoms with Gasteiger partial charge >= 0.3 is 0 Å². The summed E-state index contributed by atoms with van der Waals surface area (Å²) < 4.78 is 0. The molecule has 2 fully saturated rings. The van der Waals surface area contributed by atoms with Crippen molar-refractivity contribution in [2.75, 3.05) is 27.2 Å². The molecule has 0 aromatic heterocycles. The fourth-order valence-corrected chi connectivity index (χ4v) is 6.41. The number of aliphatic hydroxyl groups is 2. The van der Waals surface area contributed by atoms with Gasteiger partial charge in [-0.1, -0.05) is 96.0 Å². The summed E-state index contributed by atoms with van der Waals surface area (Å²) in [4.78, 5) is 43.6. The second-order valence-electron chi connectivity index (χ2n) is 14.0. The standard InChI is InChI=1S/C35H57N3O5/c1-24(2)18-31(39)34(42)30(20-26-12-8-6-9-13-26)36-35(43)29(19-27-16-17-27)21-32(40)38(23-33(41)37(4)5)22-25(3)28-14-10-7-11-15-28/h7,10-11,14-15,24-27,29-31,34,39,42H,6,8-9,12-13,16-23H2,1-5H3,(H,36,43)/t25-,29-,30+,31+,34-/m1/s1. The highest BCUT2D eigenvalue weighted by molar-refractivity contribution is 5.88. The fourth-order valence-electron chi connectivity index (χ4n) is 6.41. The van der Waals surface area contributed by atoms with Crippen LogP contribution in [0.3, 0.4) is 0 Å². The van der Waals surface area contributed by atoms with Gasteiger partial charge in [-0.15, -0.1) is 0 Å². The predicted molar refractivity (Wildman–Crippen MR) is 170 cm³/mol. The van der Waals surface area contributed by atoms with Crippen molar-refractivity contribution in [1.82, 2.24) is 15.1 Å². The Kier molecular flexibility index (Phi) is 14.0. The third kappa shape index (κ3) is 11.9. The number of aliphatic hydroxyl groups excluding tert-OH is 2. The monoisotopic (exact) mass is 599 g/mol. The summed E-state index contributed by atoms with van der Waals surface area (Å²) in [6.45, 7) is 6.40. The number of hydrogen-bond acceptors (Lipinski definition) is 5. The molecule has 1 aromatic carbocycles. The molecule has 3 rings (SSSR count). The molecule has 3 N–H and O–H groups in total. The maximum atomic E-state index is 13.9. The van der Waals surface area contributed by atoms with E-state index < -0.39 is 24.2 Å². The van der Waals surface area contributed by atoms with E-state index in [2.05, 4.69) is 5.32 Å². The molecule has 0 bridgehead atoms. The van der Waals surface area contributed by atoms with Gasteiger partial charge in [0.1, 0.15) is 6.10 Å². The van der Waals surface area contributed by atoms with Crippen molar-refractivity contribution in [3.05, 3.63) is 35.9 Å². The first-order valence-electron chi connectivity index (χ1n) is 16.6. The first-order chi connectivity index (χ1) is 20.4. The zero-order chi connectivity index (χ0) is 31.5. The molecule has 3 amide bonds. The molecule has 2 saturated carbocycles. The van der Waals surface area contributed by atoms with Crippen LogP contribution in [0.4, 0.5) is 0 Å². The van der Waals surface area contributed by atoms with Gasteiger partial charge in [-0.2, -0.15) is 0 Å². The number of carbonyl (C=O) groups excluding carboxylic acids is 3. The molecule has 242 valence electrons. The highest BCUT2D eigenvalue weighted by Gasteiger charge is 2.36. The van der Waals surface area contributed by atoms with Crippen molar-refractivity contribution in [3.8, 4) is 0 Å². The SMILES string of the molecule is CC(C)C[C@H](O)[C@H](O)[C@H](CC1CCCCC1)NC(=O)[C@@H](CC(=O)N(CC(=O)N(C)C)C[C@@H](C)c1ccccc1)CC1CC1. The lowest BCUT2D eigenvalue weighted by Crippen LogP contribution is -2.52. The van der Waals surface area contributed by atoms with Gasteiger partial charge in [0.05, 0.1) is 18.7 Å². The van der Waals surface area contributed by atoms with Crippen LogP contribution in [0.15, 0.2) is 30.3 Å². The van der Waals surface area contributed by atoms with Gasteiger partial charge in [0.25, 0.3) is 0 Å². The number of carbonyl (C=O) groups is 3. The minimum Gasteiger partial charge on any atom is -0.390 e. The molecule has 5 atom stereocenters. The number of nitrogens with zero attached hydrogens (tertiary/aromatic N) is 2. The van der Waals surface area contributed by atoms with Gasteiger partial charge in [-0.3, -0.25) is 14.4 Å². The first kappa shape index (κ1) is 35.0. The average Bonchev–Trinajstić information content (AvgIpc) is 3.80. The number of benzene rings is 1. The Bertz CT molecular complexity index is 1010. The number of hydrogen-bond donors (Lipinski definition) is 3. The lowest BCUT2D eigenvalue weighted by molar-refractivity contribution is -0.142.